The number of methoxy groups -OCH3 is 1. The lowest BCUT2D eigenvalue weighted by molar-refractivity contribution is 0.251. The lowest BCUT2D eigenvalue weighted by Crippen LogP contribution is -2.28. The number of carbonyl (C=O) groups excluding carboxylic acids is 1. The minimum absolute atomic E-state index is 0.226. The smallest absolute Gasteiger partial charge is 0.319 e. The monoisotopic (exact) mass is 358 g/mol. The SMILES string of the molecule is CCC(C)Sc1ccc(NC(=O)NCc2ccccc2OC)c(C)c1. The predicted octanol–water partition coefficient (Wildman–Crippen LogP) is 5.22. The van der Waals surface area contributed by atoms with Gasteiger partial charge in [-0.1, -0.05) is 32.0 Å². The van der Waals surface area contributed by atoms with Crippen molar-refractivity contribution >= 4 is 23.5 Å². The van der Waals surface area contributed by atoms with E-state index in [1.807, 2.05) is 49.0 Å². The minimum Gasteiger partial charge on any atom is -0.496 e. The van der Waals surface area contributed by atoms with Crippen LogP contribution < -0.4 is 15.4 Å². The summed E-state index contributed by atoms with van der Waals surface area (Å²) in [5.74, 6) is 0.769. The number of ether oxygens (including phenoxy) is 1. The highest BCUT2D eigenvalue weighted by Crippen LogP contribution is 2.28. The van der Waals surface area contributed by atoms with E-state index in [1.165, 1.54) is 4.90 Å². The van der Waals surface area contributed by atoms with Gasteiger partial charge in [0.15, 0.2) is 0 Å². The van der Waals surface area contributed by atoms with E-state index in [0.717, 1.165) is 29.0 Å². The highest BCUT2D eigenvalue weighted by molar-refractivity contribution is 7.99. The van der Waals surface area contributed by atoms with Crippen molar-refractivity contribution in [3.05, 3.63) is 53.6 Å². The second-order valence-electron chi connectivity index (χ2n) is 5.93. The second-order valence-corrected chi connectivity index (χ2v) is 7.44. The van der Waals surface area contributed by atoms with Gasteiger partial charge in [0, 0.05) is 27.9 Å². The third-order valence-electron chi connectivity index (χ3n) is 3.99. The van der Waals surface area contributed by atoms with Crippen LogP contribution in [0.2, 0.25) is 0 Å². The molecule has 25 heavy (non-hydrogen) atoms. The normalized spacial score (nSPS) is 11.7. The van der Waals surface area contributed by atoms with Crippen LogP contribution in [0.5, 0.6) is 5.75 Å². The van der Waals surface area contributed by atoms with Gasteiger partial charge in [0.05, 0.1) is 7.11 Å². The van der Waals surface area contributed by atoms with Crippen molar-refractivity contribution in [2.24, 2.45) is 0 Å². The number of para-hydroxylation sites is 1. The zero-order valence-corrected chi connectivity index (χ0v) is 16.1. The number of nitrogens with one attached hydrogen (secondary N) is 2. The molecule has 2 N–H and O–H groups in total. The molecule has 0 aromatic heterocycles. The molecular formula is C20H26N2O2S. The fraction of sp³-hybridized carbons (Fsp3) is 0.350. The Kier molecular flexibility index (Phi) is 7.19. The topological polar surface area (TPSA) is 50.4 Å². The van der Waals surface area contributed by atoms with E-state index < -0.39 is 0 Å². The van der Waals surface area contributed by atoms with Crippen molar-refractivity contribution in [3.63, 3.8) is 0 Å². The molecule has 134 valence electrons. The lowest BCUT2D eigenvalue weighted by Gasteiger charge is -2.13. The maximum atomic E-state index is 12.2. The molecule has 1 atom stereocenters. The molecule has 0 heterocycles. The summed E-state index contributed by atoms with van der Waals surface area (Å²) in [6.45, 7) is 6.83. The molecule has 2 aromatic carbocycles. The molecule has 2 rings (SSSR count). The van der Waals surface area contributed by atoms with Crippen molar-refractivity contribution in [2.75, 3.05) is 12.4 Å². The summed E-state index contributed by atoms with van der Waals surface area (Å²) < 4.78 is 5.29. The van der Waals surface area contributed by atoms with Crippen molar-refractivity contribution in [2.45, 2.75) is 43.9 Å². The molecule has 1 unspecified atom stereocenters. The summed E-state index contributed by atoms with van der Waals surface area (Å²) in [5, 5.41) is 6.37. The molecule has 0 aliphatic rings. The van der Waals surface area contributed by atoms with Gasteiger partial charge >= 0.3 is 6.03 Å². The highest BCUT2D eigenvalue weighted by atomic mass is 32.2. The number of benzene rings is 2. The first-order valence-electron chi connectivity index (χ1n) is 8.47. The summed E-state index contributed by atoms with van der Waals surface area (Å²) >= 11 is 1.85. The van der Waals surface area contributed by atoms with E-state index >= 15 is 0 Å². The van der Waals surface area contributed by atoms with Crippen LogP contribution in [-0.2, 0) is 6.54 Å². The number of urea groups is 1. The number of anilines is 1. The maximum absolute atomic E-state index is 12.2. The average molecular weight is 359 g/mol. The molecule has 2 amide bonds. The maximum Gasteiger partial charge on any atom is 0.319 e. The van der Waals surface area contributed by atoms with Gasteiger partial charge in [0.2, 0.25) is 0 Å². The number of hydrogen-bond donors (Lipinski definition) is 2. The molecule has 0 saturated heterocycles. The number of carbonyl (C=O) groups is 1. The first-order valence-corrected chi connectivity index (χ1v) is 9.35. The van der Waals surface area contributed by atoms with Crippen molar-refractivity contribution < 1.29 is 9.53 Å². The average Bonchev–Trinajstić information content (AvgIpc) is 2.62. The lowest BCUT2D eigenvalue weighted by atomic mass is 10.2. The Morgan fingerprint density at radius 2 is 2.00 bits per heavy atom. The van der Waals surface area contributed by atoms with Crippen molar-refractivity contribution in [1.82, 2.24) is 5.32 Å². The molecule has 0 radical (unpaired) electrons. The van der Waals surface area contributed by atoms with Crippen LogP contribution in [-0.4, -0.2) is 18.4 Å². The molecule has 4 nitrogen and oxygen atoms in total. The molecule has 0 aliphatic carbocycles. The van der Waals surface area contributed by atoms with E-state index in [2.05, 4.69) is 36.6 Å². The fourth-order valence-corrected chi connectivity index (χ4v) is 3.38. The van der Waals surface area contributed by atoms with Crippen LogP contribution in [0, 0.1) is 6.92 Å². The standard InChI is InChI=1S/C20H26N2O2S/c1-5-15(3)25-17-10-11-18(14(2)12-17)22-20(23)21-13-16-8-6-7-9-19(16)24-4/h6-12,15H,5,13H2,1-4H3,(H2,21,22,23). The van der Waals surface area contributed by atoms with Crippen molar-refractivity contribution in [3.8, 4) is 5.75 Å². The fourth-order valence-electron chi connectivity index (χ4n) is 2.36. The summed E-state index contributed by atoms with van der Waals surface area (Å²) in [4.78, 5) is 13.4. The first kappa shape index (κ1) is 19.2. The van der Waals surface area contributed by atoms with Crippen LogP contribution in [0.15, 0.2) is 47.4 Å². The van der Waals surface area contributed by atoms with Crippen LogP contribution in [0.3, 0.4) is 0 Å². The summed E-state index contributed by atoms with van der Waals surface area (Å²) in [6.07, 6.45) is 1.13. The molecule has 2 aromatic rings. The van der Waals surface area contributed by atoms with Crippen LogP contribution in [0.25, 0.3) is 0 Å². The van der Waals surface area contributed by atoms with Gasteiger partial charge in [0.1, 0.15) is 5.75 Å². The van der Waals surface area contributed by atoms with Crippen LogP contribution >= 0.6 is 11.8 Å². The molecule has 0 spiro atoms. The van der Waals surface area contributed by atoms with Gasteiger partial charge < -0.3 is 15.4 Å². The highest BCUT2D eigenvalue weighted by Gasteiger charge is 2.08. The van der Waals surface area contributed by atoms with E-state index in [-0.39, 0.29) is 6.03 Å². The van der Waals surface area contributed by atoms with E-state index in [0.29, 0.717) is 11.8 Å². The van der Waals surface area contributed by atoms with Gasteiger partial charge in [-0.25, -0.2) is 4.79 Å². The Hall–Kier alpha value is -2.14. The zero-order valence-electron chi connectivity index (χ0n) is 15.3. The third kappa shape index (κ3) is 5.71. The second kappa shape index (κ2) is 9.37. The van der Waals surface area contributed by atoms with Gasteiger partial charge in [-0.15, -0.1) is 11.8 Å². The Morgan fingerprint density at radius 3 is 2.68 bits per heavy atom. The summed E-state index contributed by atoms with van der Waals surface area (Å²) in [6, 6.07) is 13.6. The number of rotatable bonds is 7. The predicted molar refractivity (Wildman–Crippen MR) is 106 cm³/mol. The summed E-state index contributed by atoms with van der Waals surface area (Å²) in [7, 11) is 1.63. The summed E-state index contributed by atoms with van der Waals surface area (Å²) in [5.41, 5.74) is 2.82. The molecule has 0 aliphatic heterocycles. The number of aryl methyl sites for hydroxylation is 1. The largest absolute Gasteiger partial charge is 0.496 e. The molecule has 0 saturated carbocycles. The van der Waals surface area contributed by atoms with E-state index in [1.54, 1.807) is 7.11 Å². The van der Waals surface area contributed by atoms with E-state index in [9.17, 15) is 4.79 Å². The molecule has 0 bridgehead atoms. The minimum atomic E-state index is -0.226. The number of thioether (sulfide) groups is 1. The Morgan fingerprint density at radius 1 is 1.24 bits per heavy atom. The Bertz CT molecular complexity index is 719. The molecule has 5 heteroatoms. The Balaban J connectivity index is 1.94. The van der Waals surface area contributed by atoms with Gasteiger partial charge in [-0.05, 0) is 43.2 Å². The third-order valence-corrected chi connectivity index (χ3v) is 5.25. The van der Waals surface area contributed by atoms with Gasteiger partial charge in [0.25, 0.3) is 0 Å². The van der Waals surface area contributed by atoms with E-state index in [4.69, 9.17) is 4.74 Å². The quantitative estimate of drug-likeness (QED) is 0.668. The van der Waals surface area contributed by atoms with Crippen LogP contribution in [0.1, 0.15) is 31.4 Å². The van der Waals surface area contributed by atoms with Gasteiger partial charge in [-0.3, -0.25) is 0 Å². The first-order chi connectivity index (χ1) is 12.0. The molecular weight excluding hydrogens is 332 g/mol. The molecule has 0 fully saturated rings. The Labute approximate surface area is 154 Å². The van der Waals surface area contributed by atoms with Crippen molar-refractivity contribution in [1.29, 1.82) is 0 Å². The number of hydrogen-bond acceptors (Lipinski definition) is 3. The number of amides is 2. The van der Waals surface area contributed by atoms with Gasteiger partial charge in [-0.2, -0.15) is 0 Å². The van der Waals surface area contributed by atoms with Crippen LogP contribution in [0.4, 0.5) is 10.5 Å². The zero-order chi connectivity index (χ0) is 18.2.